The average Bonchev–Trinajstić information content (AvgIpc) is 3.03. The van der Waals surface area contributed by atoms with E-state index in [0.29, 0.717) is 25.3 Å². The van der Waals surface area contributed by atoms with Crippen LogP contribution in [0.5, 0.6) is 11.5 Å². The highest BCUT2D eigenvalue weighted by Crippen LogP contribution is 2.43. The molecule has 1 fully saturated rings. The highest BCUT2D eigenvalue weighted by Gasteiger charge is 2.46. The van der Waals surface area contributed by atoms with Gasteiger partial charge in [-0.2, -0.15) is 0 Å². The summed E-state index contributed by atoms with van der Waals surface area (Å²) in [7, 11) is 4.45. The fraction of sp³-hybridized carbons (Fsp3) is 0.333. The van der Waals surface area contributed by atoms with Gasteiger partial charge in [0.05, 0.1) is 36.4 Å². The van der Waals surface area contributed by atoms with Gasteiger partial charge in [-0.1, -0.05) is 35.9 Å². The molecule has 1 atom stereocenters. The Morgan fingerprint density at radius 1 is 1.09 bits per heavy atom. The van der Waals surface area contributed by atoms with Crippen LogP contribution in [0.4, 0.5) is 0 Å². The lowest BCUT2D eigenvalue weighted by Gasteiger charge is -2.26. The second-order valence-electron chi connectivity index (χ2n) is 7.38. The number of carbonyl (C=O) groups is 2. The number of aliphatic hydroxyl groups is 1. The van der Waals surface area contributed by atoms with Crippen molar-refractivity contribution in [3.05, 3.63) is 63.7 Å². The normalized spacial score (nSPS) is 17.7. The summed E-state index contributed by atoms with van der Waals surface area (Å²) in [5.74, 6) is -1.23. The molecule has 2 aromatic rings. The number of amides is 1. The molecule has 3 rings (SSSR count). The molecule has 0 radical (unpaired) electrons. The molecule has 0 saturated carbocycles. The SMILES string of the molecule is COCCCN1C(=O)C(=O)/C(=C(/O)c2cc(OC)c(Cl)cc2OC)C1c1ccccc1C. The van der Waals surface area contributed by atoms with E-state index in [-0.39, 0.29) is 27.7 Å². The number of nitrogens with zero attached hydrogens (tertiary/aromatic N) is 1. The van der Waals surface area contributed by atoms with E-state index in [9.17, 15) is 14.7 Å². The zero-order valence-electron chi connectivity index (χ0n) is 18.5. The molecule has 2 aromatic carbocycles. The standard InChI is InChI=1S/C24H26ClNO6/c1-14-8-5-6-9-15(14)21-20(23(28)24(29)26(21)10-7-11-30-2)22(27)16-12-19(32-4)17(25)13-18(16)31-3/h5-6,8-9,12-13,21,27H,7,10-11H2,1-4H3/b22-20+. The molecule has 0 spiro atoms. The van der Waals surface area contributed by atoms with Crippen LogP contribution in [0.1, 0.15) is 29.2 Å². The van der Waals surface area contributed by atoms with E-state index < -0.39 is 17.7 Å². The van der Waals surface area contributed by atoms with Crippen molar-refractivity contribution in [3.8, 4) is 11.5 Å². The Bertz CT molecular complexity index is 1060. The number of hydrogen-bond acceptors (Lipinski definition) is 6. The number of ether oxygens (including phenoxy) is 3. The average molecular weight is 460 g/mol. The summed E-state index contributed by atoms with van der Waals surface area (Å²) in [6.07, 6.45) is 0.546. The molecule has 8 heteroatoms. The van der Waals surface area contributed by atoms with Gasteiger partial charge in [0.15, 0.2) is 0 Å². The number of rotatable bonds is 8. The van der Waals surface area contributed by atoms with Crippen molar-refractivity contribution in [2.75, 3.05) is 34.5 Å². The third kappa shape index (κ3) is 4.31. The molecular formula is C24H26ClNO6. The number of ketones is 1. The molecule has 32 heavy (non-hydrogen) atoms. The summed E-state index contributed by atoms with van der Waals surface area (Å²) in [5.41, 5.74) is 1.85. The summed E-state index contributed by atoms with van der Waals surface area (Å²) < 4.78 is 15.8. The molecule has 0 bridgehead atoms. The summed E-state index contributed by atoms with van der Waals surface area (Å²) in [5, 5.41) is 11.6. The number of methoxy groups -OCH3 is 3. The number of aryl methyl sites for hydroxylation is 1. The Balaban J connectivity index is 2.24. The van der Waals surface area contributed by atoms with Gasteiger partial charge >= 0.3 is 0 Å². The predicted molar refractivity (Wildman–Crippen MR) is 121 cm³/mol. The monoisotopic (exact) mass is 459 g/mol. The molecule has 7 nitrogen and oxygen atoms in total. The number of Topliss-reactive ketones (excluding diaryl/α,β-unsaturated/α-hetero) is 1. The van der Waals surface area contributed by atoms with Crippen molar-refractivity contribution in [3.63, 3.8) is 0 Å². The van der Waals surface area contributed by atoms with E-state index >= 15 is 0 Å². The maximum atomic E-state index is 13.1. The molecule has 1 N–H and O–H groups in total. The van der Waals surface area contributed by atoms with Gasteiger partial charge < -0.3 is 24.2 Å². The maximum Gasteiger partial charge on any atom is 0.295 e. The van der Waals surface area contributed by atoms with Crippen molar-refractivity contribution in [1.29, 1.82) is 0 Å². The number of carbonyl (C=O) groups excluding carboxylic acids is 2. The first kappa shape index (κ1) is 23.6. The van der Waals surface area contributed by atoms with Gasteiger partial charge in [-0.3, -0.25) is 9.59 Å². The van der Waals surface area contributed by atoms with Crippen LogP contribution in [0.3, 0.4) is 0 Å². The minimum atomic E-state index is -0.760. The van der Waals surface area contributed by atoms with E-state index in [1.54, 1.807) is 7.11 Å². The molecule has 170 valence electrons. The van der Waals surface area contributed by atoms with Crippen molar-refractivity contribution in [2.45, 2.75) is 19.4 Å². The molecule has 1 amide bonds. The van der Waals surface area contributed by atoms with Gasteiger partial charge in [0.1, 0.15) is 17.3 Å². The van der Waals surface area contributed by atoms with Crippen molar-refractivity contribution in [1.82, 2.24) is 4.90 Å². The van der Waals surface area contributed by atoms with Gasteiger partial charge in [0.25, 0.3) is 11.7 Å². The van der Waals surface area contributed by atoms with Crippen molar-refractivity contribution < 1.29 is 28.9 Å². The largest absolute Gasteiger partial charge is 0.507 e. The molecule has 1 aliphatic heterocycles. The smallest absolute Gasteiger partial charge is 0.295 e. The van der Waals surface area contributed by atoms with Gasteiger partial charge in [-0.05, 0) is 30.5 Å². The first-order chi connectivity index (χ1) is 15.3. The van der Waals surface area contributed by atoms with Crippen LogP contribution in [0.15, 0.2) is 42.0 Å². The number of aliphatic hydroxyl groups excluding tert-OH is 1. The summed E-state index contributed by atoms with van der Waals surface area (Å²) >= 11 is 6.19. The van der Waals surface area contributed by atoms with Gasteiger partial charge in [0.2, 0.25) is 0 Å². The molecule has 0 aliphatic carbocycles. The third-order valence-corrected chi connectivity index (χ3v) is 5.79. The van der Waals surface area contributed by atoms with Gasteiger partial charge in [0, 0.05) is 26.3 Å². The minimum Gasteiger partial charge on any atom is -0.507 e. The van der Waals surface area contributed by atoms with Crippen molar-refractivity contribution >= 4 is 29.1 Å². The first-order valence-corrected chi connectivity index (χ1v) is 10.5. The fourth-order valence-corrected chi connectivity index (χ4v) is 4.13. The third-order valence-electron chi connectivity index (χ3n) is 5.50. The Morgan fingerprint density at radius 2 is 1.78 bits per heavy atom. The zero-order valence-corrected chi connectivity index (χ0v) is 19.2. The Labute approximate surface area is 192 Å². The van der Waals surface area contributed by atoms with Gasteiger partial charge in [-0.15, -0.1) is 0 Å². The van der Waals surface area contributed by atoms with E-state index in [1.165, 1.54) is 31.3 Å². The molecule has 0 aromatic heterocycles. The van der Waals surface area contributed by atoms with E-state index in [1.807, 2.05) is 31.2 Å². The Kier molecular flexibility index (Phi) is 7.43. The fourth-order valence-electron chi connectivity index (χ4n) is 3.90. The number of likely N-dealkylation sites (tertiary alicyclic amines) is 1. The Morgan fingerprint density at radius 3 is 2.41 bits per heavy atom. The summed E-state index contributed by atoms with van der Waals surface area (Å²) in [4.78, 5) is 27.6. The van der Waals surface area contributed by atoms with Crippen LogP contribution in [0.25, 0.3) is 5.76 Å². The second kappa shape index (κ2) is 10.1. The second-order valence-corrected chi connectivity index (χ2v) is 7.79. The molecule has 1 heterocycles. The molecular weight excluding hydrogens is 434 g/mol. The highest BCUT2D eigenvalue weighted by atomic mass is 35.5. The predicted octanol–water partition coefficient (Wildman–Crippen LogP) is 4.12. The van der Waals surface area contributed by atoms with E-state index in [0.717, 1.165) is 11.1 Å². The molecule has 1 saturated heterocycles. The molecule has 1 aliphatic rings. The van der Waals surface area contributed by atoms with E-state index in [2.05, 4.69) is 0 Å². The first-order valence-electron chi connectivity index (χ1n) is 10.1. The summed E-state index contributed by atoms with van der Waals surface area (Å²) in [6, 6.07) is 9.70. The van der Waals surface area contributed by atoms with E-state index in [4.69, 9.17) is 25.8 Å². The van der Waals surface area contributed by atoms with Crippen LogP contribution in [0, 0.1) is 6.92 Å². The highest BCUT2D eigenvalue weighted by molar-refractivity contribution is 6.46. The van der Waals surface area contributed by atoms with Crippen LogP contribution in [-0.4, -0.2) is 56.2 Å². The van der Waals surface area contributed by atoms with Crippen LogP contribution in [-0.2, 0) is 14.3 Å². The van der Waals surface area contributed by atoms with Gasteiger partial charge in [-0.25, -0.2) is 0 Å². The maximum absolute atomic E-state index is 13.1. The molecule has 1 unspecified atom stereocenters. The Hall–Kier alpha value is -3.03. The lowest BCUT2D eigenvalue weighted by molar-refractivity contribution is -0.140. The van der Waals surface area contributed by atoms with Crippen LogP contribution in [0.2, 0.25) is 5.02 Å². The lowest BCUT2D eigenvalue weighted by Crippen LogP contribution is -2.31. The minimum absolute atomic E-state index is 0.00982. The number of hydrogen-bond donors (Lipinski definition) is 1. The number of benzene rings is 2. The topological polar surface area (TPSA) is 85.3 Å². The van der Waals surface area contributed by atoms with Crippen molar-refractivity contribution in [2.24, 2.45) is 0 Å². The summed E-state index contributed by atoms with van der Waals surface area (Å²) in [6.45, 7) is 2.64. The number of halogens is 1. The lowest BCUT2D eigenvalue weighted by atomic mass is 9.92. The zero-order chi connectivity index (χ0) is 23.4. The van der Waals surface area contributed by atoms with Crippen LogP contribution < -0.4 is 9.47 Å². The quantitative estimate of drug-likeness (QED) is 0.276. The van der Waals surface area contributed by atoms with Crippen LogP contribution >= 0.6 is 11.6 Å².